The average Bonchev–Trinajstić information content (AvgIpc) is 3.24. The smallest absolute Gasteiger partial charge is 0.244 e. The third-order valence-electron chi connectivity index (χ3n) is 5.40. The Balaban J connectivity index is 2.12. The Kier molecular flexibility index (Phi) is 8.01. The fourth-order valence-corrected chi connectivity index (χ4v) is 3.77. The van der Waals surface area contributed by atoms with Crippen LogP contribution in [0.1, 0.15) is 25.0 Å². The van der Waals surface area contributed by atoms with Crippen LogP contribution in [0, 0.1) is 6.92 Å². The van der Waals surface area contributed by atoms with Crippen LogP contribution in [0.3, 0.4) is 0 Å². The molecule has 0 saturated heterocycles. The standard InChI is InChI=1S/C26H31NO6/c1-7-32-25-17(3)26-20(14-19(25)16(2)12-24(28)27-10-11-29-4)21(15-33-26)18-8-9-22(30-5)23(13-18)31-6/h8-9,12-15H,7,10-11H2,1-6H3,(H,27,28)/b16-12+. The Morgan fingerprint density at radius 3 is 2.55 bits per heavy atom. The van der Waals surface area contributed by atoms with Gasteiger partial charge in [-0.2, -0.15) is 0 Å². The largest absolute Gasteiger partial charge is 0.493 e. The number of hydrogen-bond donors (Lipinski definition) is 1. The van der Waals surface area contributed by atoms with Gasteiger partial charge in [0.25, 0.3) is 0 Å². The van der Waals surface area contributed by atoms with Crippen molar-refractivity contribution in [3.8, 4) is 28.4 Å². The highest BCUT2D eigenvalue weighted by molar-refractivity contribution is 6.01. The topological polar surface area (TPSA) is 79.2 Å². The third-order valence-corrected chi connectivity index (χ3v) is 5.40. The Morgan fingerprint density at radius 1 is 1.12 bits per heavy atom. The number of aryl methyl sites for hydroxylation is 1. The summed E-state index contributed by atoms with van der Waals surface area (Å²) in [6.07, 6.45) is 3.31. The van der Waals surface area contributed by atoms with Gasteiger partial charge in [0.15, 0.2) is 11.5 Å². The number of benzene rings is 2. The second-order valence-electron chi connectivity index (χ2n) is 7.52. The van der Waals surface area contributed by atoms with Gasteiger partial charge in [-0.25, -0.2) is 0 Å². The van der Waals surface area contributed by atoms with E-state index < -0.39 is 0 Å². The number of hydrogen-bond acceptors (Lipinski definition) is 6. The maximum atomic E-state index is 12.4. The molecule has 0 fully saturated rings. The Labute approximate surface area is 194 Å². The molecule has 7 heteroatoms. The maximum Gasteiger partial charge on any atom is 0.244 e. The van der Waals surface area contributed by atoms with Gasteiger partial charge in [0, 0.05) is 41.8 Å². The summed E-state index contributed by atoms with van der Waals surface area (Å²) < 4.78 is 27.8. The molecule has 1 heterocycles. The van der Waals surface area contributed by atoms with E-state index in [1.54, 1.807) is 33.7 Å². The molecule has 3 aromatic rings. The van der Waals surface area contributed by atoms with E-state index in [-0.39, 0.29) is 5.91 Å². The van der Waals surface area contributed by atoms with Crippen LogP contribution in [-0.4, -0.2) is 47.0 Å². The highest BCUT2D eigenvalue weighted by Crippen LogP contribution is 2.42. The van der Waals surface area contributed by atoms with Crippen molar-refractivity contribution in [3.63, 3.8) is 0 Å². The van der Waals surface area contributed by atoms with Crippen molar-refractivity contribution < 1.29 is 28.2 Å². The molecule has 0 spiro atoms. The first-order valence-electron chi connectivity index (χ1n) is 10.8. The summed E-state index contributed by atoms with van der Waals surface area (Å²) >= 11 is 0. The molecule has 0 saturated carbocycles. The third kappa shape index (κ3) is 5.14. The van der Waals surface area contributed by atoms with Gasteiger partial charge in [-0.3, -0.25) is 4.79 Å². The lowest BCUT2D eigenvalue weighted by atomic mass is 9.96. The van der Waals surface area contributed by atoms with Gasteiger partial charge in [0.05, 0.1) is 33.7 Å². The molecule has 1 N–H and O–H groups in total. The quantitative estimate of drug-likeness (QED) is 0.344. The molecule has 0 aliphatic carbocycles. The Morgan fingerprint density at radius 2 is 1.88 bits per heavy atom. The first-order valence-corrected chi connectivity index (χ1v) is 10.8. The summed E-state index contributed by atoms with van der Waals surface area (Å²) in [6.45, 7) is 7.19. The number of methoxy groups -OCH3 is 3. The van der Waals surface area contributed by atoms with Gasteiger partial charge >= 0.3 is 0 Å². The van der Waals surface area contributed by atoms with E-state index in [1.165, 1.54) is 0 Å². The zero-order chi connectivity index (χ0) is 24.0. The van der Waals surface area contributed by atoms with Crippen LogP contribution in [0.15, 0.2) is 41.0 Å². The summed E-state index contributed by atoms with van der Waals surface area (Å²) in [5.41, 5.74) is 5.09. The molecule has 33 heavy (non-hydrogen) atoms. The van der Waals surface area contributed by atoms with Crippen LogP contribution in [0.2, 0.25) is 0 Å². The molecule has 1 aromatic heterocycles. The summed E-state index contributed by atoms with van der Waals surface area (Å²) in [5.74, 6) is 1.81. The molecule has 0 atom stereocenters. The highest BCUT2D eigenvalue weighted by Gasteiger charge is 2.20. The number of amides is 1. The normalized spacial score (nSPS) is 11.5. The highest BCUT2D eigenvalue weighted by atomic mass is 16.5. The van der Waals surface area contributed by atoms with Gasteiger partial charge in [-0.1, -0.05) is 6.07 Å². The zero-order valence-corrected chi connectivity index (χ0v) is 20.0. The molecule has 0 bridgehead atoms. The minimum atomic E-state index is -0.183. The van der Waals surface area contributed by atoms with E-state index >= 15 is 0 Å². The number of ether oxygens (including phenoxy) is 4. The van der Waals surface area contributed by atoms with Crippen molar-refractivity contribution in [1.82, 2.24) is 5.32 Å². The van der Waals surface area contributed by atoms with Crippen molar-refractivity contribution in [3.05, 3.63) is 47.7 Å². The van der Waals surface area contributed by atoms with E-state index in [4.69, 9.17) is 23.4 Å². The number of rotatable bonds is 10. The molecular formula is C26H31NO6. The van der Waals surface area contributed by atoms with Crippen molar-refractivity contribution in [2.45, 2.75) is 20.8 Å². The minimum Gasteiger partial charge on any atom is -0.493 e. The van der Waals surface area contributed by atoms with E-state index in [0.717, 1.165) is 38.8 Å². The number of carbonyl (C=O) groups is 1. The summed E-state index contributed by atoms with van der Waals surface area (Å²) in [5, 5.41) is 3.74. The summed E-state index contributed by atoms with van der Waals surface area (Å²) in [4.78, 5) is 12.4. The van der Waals surface area contributed by atoms with E-state index in [2.05, 4.69) is 5.32 Å². The van der Waals surface area contributed by atoms with Gasteiger partial charge in [-0.15, -0.1) is 0 Å². The second kappa shape index (κ2) is 10.9. The summed E-state index contributed by atoms with van der Waals surface area (Å²) in [7, 11) is 4.81. The lowest BCUT2D eigenvalue weighted by Crippen LogP contribution is -2.25. The minimum absolute atomic E-state index is 0.183. The van der Waals surface area contributed by atoms with Crippen molar-refractivity contribution in [2.75, 3.05) is 41.1 Å². The van der Waals surface area contributed by atoms with Crippen LogP contribution < -0.4 is 19.5 Å². The van der Waals surface area contributed by atoms with Gasteiger partial charge in [0.2, 0.25) is 5.91 Å². The predicted octanol–water partition coefficient (Wildman–Crippen LogP) is 4.99. The maximum absolute atomic E-state index is 12.4. The monoisotopic (exact) mass is 453 g/mol. The molecule has 3 rings (SSSR count). The Hall–Kier alpha value is -3.45. The van der Waals surface area contributed by atoms with Crippen LogP contribution in [-0.2, 0) is 9.53 Å². The molecular weight excluding hydrogens is 422 g/mol. The van der Waals surface area contributed by atoms with E-state index in [1.807, 2.05) is 45.0 Å². The molecule has 1 amide bonds. The van der Waals surface area contributed by atoms with Crippen molar-refractivity contribution in [2.24, 2.45) is 0 Å². The second-order valence-corrected chi connectivity index (χ2v) is 7.52. The molecule has 0 aliphatic heterocycles. The number of carbonyl (C=O) groups excluding carboxylic acids is 1. The number of allylic oxidation sites excluding steroid dienone is 1. The lowest BCUT2D eigenvalue weighted by molar-refractivity contribution is -0.116. The first kappa shape index (κ1) is 24.2. The number of fused-ring (bicyclic) bond motifs is 1. The van der Waals surface area contributed by atoms with E-state index in [0.29, 0.717) is 37.0 Å². The van der Waals surface area contributed by atoms with Gasteiger partial charge in [0.1, 0.15) is 11.3 Å². The van der Waals surface area contributed by atoms with Crippen LogP contribution in [0.25, 0.3) is 27.7 Å². The van der Waals surface area contributed by atoms with Crippen molar-refractivity contribution in [1.29, 1.82) is 0 Å². The molecule has 0 radical (unpaired) electrons. The van der Waals surface area contributed by atoms with Gasteiger partial charge < -0.3 is 28.7 Å². The van der Waals surface area contributed by atoms with Crippen LogP contribution in [0.4, 0.5) is 0 Å². The van der Waals surface area contributed by atoms with Gasteiger partial charge in [-0.05, 0) is 50.1 Å². The summed E-state index contributed by atoms with van der Waals surface area (Å²) in [6, 6.07) is 7.76. The Bertz CT molecular complexity index is 1160. The molecule has 176 valence electrons. The predicted molar refractivity (Wildman–Crippen MR) is 129 cm³/mol. The van der Waals surface area contributed by atoms with Crippen LogP contribution >= 0.6 is 0 Å². The first-order chi connectivity index (χ1) is 15.9. The fourth-order valence-electron chi connectivity index (χ4n) is 3.77. The average molecular weight is 454 g/mol. The van der Waals surface area contributed by atoms with Crippen molar-refractivity contribution >= 4 is 22.4 Å². The molecule has 0 unspecified atom stereocenters. The number of nitrogens with one attached hydrogen (secondary N) is 1. The van der Waals surface area contributed by atoms with Crippen LogP contribution in [0.5, 0.6) is 17.2 Å². The zero-order valence-electron chi connectivity index (χ0n) is 20.0. The SMILES string of the molecule is CCOc1c(/C(C)=C/C(=O)NCCOC)cc2c(-c3ccc(OC)c(OC)c3)coc2c1C. The molecule has 2 aromatic carbocycles. The molecule has 0 aliphatic rings. The van der Waals surface area contributed by atoms with E-state index in [9.17, 15) is 4.79 Å². The molecule has 7 nitrogen and oxygen atoms in total. The number of furan rings is 1. The lowest BCUT2D eigenvalue weighted by Gasteiger charge is -2.15. The fraction of sp³-hybridized carbons (Fsp3) is 0.346.